The van der Waals surface area contributed by atoms with Crippen LogP contribution in [0.5, 0.6) is 0 Å². The number of hydrogen-bond acceptors (Lipinski definition) is 3. The molecule has 1 aromatic carbocycles. The van der Waals surface area contributed by atoms with E-state index in [-0.39, 0.29) is 19.0 Å². The van der Waals surface area contributed by atoms with Crippen molar-refractivity contribution in [2.45, 2.75) is 60.3 Å². The van der Waals surface area contributed by atoms with E-state index in [1.54, 1.807) is 12.1 Å². The molecular weight excluding hydrogens is 280 g/mol. The Morgan fingerprint density at radius 2 is 1.68 bits per heavy atom. The molecule has 5 heteroatoms. The van der Waals surface area contributed by atoms with Crippen LogP contribution in [-0.2, 0) is 10.2 Å². The summed E-state index contributed by atoms with van der Waals surface area (Å²) >= 11 is 0. The highest BCUT2D eigenvalue weighted by Crippen LogP contribution is 2.35. The van der Waals surface area contributed by atoms with E-state index in [1.807, 2.05) is 34.6 Å². The summed E-state index contributed by atoms with van der Waals surface area (Å²) in [4.78, 5) is 22.0. The number of benzene rings is 1. The molecule has 1 atom stereocenters. The van der Waals surface area contributed by atoms with Crippen molar-refractivity contribution in [2.75, 3.05) is 6.54 Å². The fourth-order valence-corrected chi connectivity index (χ4v) is 2.39. The second-order valence-corrected chi connectivity index (χ2v) is 4.25. The number of carbonyl (C=O) groups is 1. The second-order valence-electron chi connectivity index (χ2n) is 4.25. The first-order valence-electron chi connectivity index (χ1n) is 7.63. The molecular formula is C17H30N2O3. The predicted molar refractivity (Wildman–Crippen MR) is 92.1 cm³/mol. The van der Waals surface area contributed by atoms with Crippen LogP contribution in [0.1, 0.15) is 60.5 Å². The molecule has 1 aliphatic rings. The summed E-state index contributed by atoms with van der Waals surface area (Å²) in [7, 11) is 0. The third-order valence-corrected chi connectivity index (χ3v) is 3.51. The topological polar surface area (TPSA) is 72.2 Å². The molecule has 1 aromatic rings. The maximum absolute atomic E-state index is 11.9. The molecule has 1 unspecified atom stereocenters. The third kappa shape index (κ3) is 4.55. The van der Waals surface area contributed by atoms with E-state index in [0.29, 0.717) is 13.0 Å². The summed E-state index contributed by atoms with van der Waals surface area (Å²) < 4.78 is 0. The van der Waals surface area contributed by atoms with E-state index in [2.05, 4.69) is 5.32 Å². The van der Waals surface area contributed by atoms with Crippen LogP contribution in [0.25, 0.3) is 0 Å². The van der Waals surface area contributed by atoms with Crippen LogP contribution in [0.2, 0.25) is 0 Å². The molecule has 22 heavy (non-hydrogen) atoms. The van der Waals surface area contributed by atoms with Crippen molar-refractivity contribution in [1.82, 2.24) is 5.32 Å². The summed E-state index contributed by atoms with van der Waals surface area (Å²) in [6.45, 7) is 10.6. The molecule has 1 heterocycles. The van der Waals surface area contributed by atoms with E-state index < -0.39 is 10.3 Å². The van der Waals surface area contributed by atoms with E-state index in [0.717, 1.165) is 12.0 Å². The number of amides is 1. The normalized spacial score (nSPS) is 18.7. The van der Waals surface area contributed by atoms with Gasteiger partial charge in [-0.1, -0.05) is 54.2 Å². The first-order valence-corrected chi connectivity index (χ1v) is 7.63. The highest BCUT2D eigenvalue weighted by Gasteiger charge is 2.42. The van der Waals surface area contributed by atoms with Crippen LogP contribution < -0.4 is 5.32 Å². The Bertz CT molecular complexity index is 457. The van der Waals surface area contributed by atoms with Gasteiger partial charge in [-0.3, -0.25) is 14.9 Å². The van der Waals surface area contributed by atoms with Gasteiger partial charge in [0.15, 0.2) is 0 Å². The highest BCUT2D eigenvalue weighted by molar-refractivity contribution is 5.90. The zero-order valence-corrected chi connectivity index (χ0v) is 13.6. The molecule has 2 rings (SSSR count). The lowest BCUT2D eigenvalue weighted by molar-refractivity contribution is -0.384. The summed E-state index contributed by atoms with van der Waals surface area (Å²) in [5.74, 6) is 0.0221. The Balaban J connectivity index is 0. The number of carbonyl (C=O) groups excluding carboxylic acids is 1. The zero-order valence-electron chi connectivity index (χ0n) is 13.6. The average Bonchev–Trinajstić information content (AvgIpc) is 2.93. The van der Waals surface area contributed by atoms with Crippen molar-refractivity contribution in [3.8, 4) is 0 Å². The quantitative estimate of drug-likeness (QED) is 0.662. The van der Waals surface area contributed by atoms with Gasteiger partial charge in [-0.15, -0.1) is 0 Å². The molecule has 126 valence electrons. The van der Waals surface area contributed by atoms with Crippen LogP contribution in [0.4, 0.5) is 5.69 Å². The Morgan fingerprint density at radius 3 is 2.00 bits per heavy atom. The number of non-ortho nitro benzene ring substituents is 1. The fraction of sp³-hybridized carbons (Fsp3) is 0.588. The Labute approximate surface area is 134 Å². The molecule has 0 bridgehead atoms. The van der Waals surface area contributed by atoms with E-state index >= 15 is 0 Å². The first-order chi connectivity index (χ1) is 10.1. The van der Waals surface area contributed by atoms with Crippen LogP contribution >= 0.6 is 0 Å². The SMILES string of the molecule is C.CC.CC.CCC1(c2ccc([N+](=O)[O-])cc2)CCNC1=O. The van der Waals surface area contributed by atoms with Crippen LogP contribution in [0.15, 0.2) is 24.3 Å². The average molecular weight is 310 g/mol. The summed E-state index contributed by atoms with van der Waals surface area (Å²) in [5, 5.41) is 13.4. The predicted octanol–water partition coefficient (Wildman–Crippen LogP) is 4.45. The summed E-state index contributed by atoms with van der Waals surface area (Å²) in [6, 6.07) is 6.29. The summed E-state index contributed by atoms with van der Waals surface area (Å²) in [6.07, 6.45) is 1.46. The van der Waals surface area contributed by atoms with Gasteiger partial charge in [-0.25, -0.2) is 0 Å². The second kappa shape index (κ2) is 10.8. The molecule has 0 saturated carbocycles. The molecule has 5 nitrogen and oxygen atoms in total. The van der Waals surface area contributed by atoms with Crippen molar-refractivity contribution in [2.24, 2.45) is 0 Å². The number of nitrogens with zero attached hydrogens (tertiary/aromatic N) is 1. The van der Waals surface area contributed by atoms with Crippen molar-refractivity contribution in [1.29, 1.82) is 0 Å². The monoisotopic (exact) mass is 310 g/mol. The molecule has 1 fully saturated rings. The van der Waals surface area contributed by atoms with Gasteiger partial charge in [0.05, 0.1) is 10.3 Å². The smallest absolute Gasteiger partial charge is 0.269 e. The molecule has 0 spiro atoms. The third-order valence-electron chi connectivity index (χ3n) is 3.51. The lowest BCUT2D eigenvalue weighted by atomic mass is 9.77. The van der Waals surface area contributed by atoms with Crippen LogP contribution in [-0.4, -0.2) is 17.4 Å². The lowest BCUT2D eigenvalue weighted by Gasteiger charge is -2.24. The van der Waals surface area contributed by atoms with Gasteiger partial charge in [0, 0.05) is 18.7 Å². The maximum atomic E-state index is 11.9. The first kappa shape index (κ1) is 22.4. The molecule has 1 amide bonds. The number of hydrogen-bond donors (Lipinski definition) is 1. The minimum Gasteiger partial charge on any atom is -0.355 e. The molecule has 0 aromatic heterocycles. The van der Waals surface area contributed by atoms with Gasteiger partial charge in [0.2, 0.25) is 5.91 Å². The number of nitro groups is 1. The molecule has 1 N–H and O–H groups in total. The maximum Gasteiger partial charge on any atom is 0.269 e. The zero-order chi connectivity index (χ0) is 16.5. The van der Waals surface area contributed by atoms with E-state index in [1.165, 1.54) is 12.1 Å². The van der Waals surface area contributed by atoms with Crippen molar-refractivity contribution in [3.05, 3.63) is 39.9 Å². The van der Waals surface area contributed by atoms with Gasteiger partial charge < -0.3 is 5.32 Å². The Kier molecular flexibility index (Phi) is 10.9. The standard InChI is InChI=1S/C12H14N2O3.2C2H6.CH4/c1-2-12(7-8-13-11(12)15)9-3-5-10(6-4-9)14(16)17;2*1-2;/h3-6H,2,7-8H2,1H3,(H,13,15);2*1-2H3;1H4. The Hall–Kier alpha value is -1.91. The highest BCUT2D eigenvalue weighted by atomic mass is 16.6. The number of nitrogens with one attached hydrogen (secondary N) is 1. The largest absolute Gasteiger partial charge is 0.355 e. The van der Waals surface area contributed by atoms with Crippen LogP contribution in [0.3, 0.4) is 0 Å². The number of rotatable bonds is 3. The van der Waals surface area contributed by atoms with Crippen LogP contribution in [0, 0.1) is 10.1 Å². The lowest BCUT2D eigenvalue weighted by Crippen LogP contribution is -2.34. The van der Waals surface area contributed by atoms with Gasteiger partial charge in [0.1, 0.15) is 0 Å². The van der Waals surface area contributed by atoms with Gasteiger partial charge >= 0.3 is 0 Å². The molecule has 0 aliphatic carbocycles. The number of nitro benzene ring substituents is 1. The van der Waals surface area contributed by atoms with Crippen molar-refractivity contribution in [3.63, 3.8) is 0 Å². The van der Waals surface area contributed by atoms with Crippen molar-refractivity contribution < 1.29 is 9.72 Å². The van der Waals surface area contributed by atoms with Gasteiger partial charge in [0.25, 0.3) is 5.69 Å². The van der Waals surface area contributed by atoms with Gasteiger partial charge in [-0.2, -0.15) is 0 Å². The van der Waals surface area contributed by atoms with Crippen molar-refractivity contribution >= 4 is 11.6 Å². The van der Waals surface area contributed by atoms with E-state index in [9.17, 15) is 14.9 Å². The van der Waals surface area contributed by atoms with Gasteiger partial charge in [-0.05, 0) is 18.4 Å². The molecule has 1 aliphatic heterocycles. The van der Waals surface area contributed by atoms with E-state index in [4.69, 9.17) is 0 Å². The Morgan fingerprint density at radius 1 is 1.18 bits per heavy atom. The summed E-state index contributed by atoms with van der Waals surface area (Å²) in [5.41, 5.74) is 0.411. The molecule has 1 saturated heterocycles. The minimum absolute atomic E-state index is 0. The fourth-order valence-electron chi connectivity index (χ4n) is 2.39. The molecule has 0 radical (unpaired) electrons. The minimum atomic E-state index is -0.505.